The van der Waals surface area contributed by atoms with E-state index in [9.17, 15) is 4.79 Å². The molecule has 1 rings (SSSR count). The summed E-state index contributed by atoms with van der Waals surface area (Å²) < 4.78 is 0. The third-order valence-corrected chi connectivity index (χ3v) is 2.53. The maximum atomic E-state index is 12.0. The van der Waals surface area contributed by atoms with E-state index in [4.69, 9.17) is 23.2 Å². The van der Waals surface area contributed by atoms with Crippen LogP contribution in [-0.2, 0) is 0 Å². The second-order valence-corrected chi connectivity index (χ2v) is 4.57. The van der Waals surface area contributed by atoms with Crippen molar-refractivity contribution in [1.82, 2.24) is 4.90 Å². The minimum atomic E-state index is -0.0876. The predicted octanol–water partition coefficient (Wildman–Crippen LogP) is 3.64. The summed E-state index contributed by atoms with van der Waals surface area (Å²) in [4.78, 5) is 13.8. The zero-order valence-corrected chi connectivity index (χ0v) is 10.9. The van der Waals surface area contributed by atoms with Crippen LogP contribution in [0.4, 0.5) is 0 Å². The first-order chi connectivity index (χ1) is 7.41. The molecular weight excluding hydrogens is 245 g/mol. The third kappa shape index (κ3) is 3.26. The molecule has 0 bridgehead atoms. The standard InChI is InChI=1S/C12H13Cl2NO/c1-8(7-15(2)3)12(16)10-5-4-9(13)6-11(10)14/h4-7H,1-3H3/b8-7+. The molecule has 0 aliphatic carbocycles. The van der Waals surface area contributed by atoms with Gasteiger partial charge in [-0.25, -0.2) is 0 Å². The van der Waals surface area contributed by atoms with Gasteiger partial charge in [0.05, 0.1) is 5.02 Å². The van der Waals surface area contributed by atoms with E-state index in [1.54, 1.807) is 31.3 Å². The predicted molar refractivity (Wildman–Crippen MR) is 68.2 cm³/mol. The highest BCUT2D eigenvalue weighted by Gasteiger charge is 2.12. The van der Waals surface area contributed by atoms with Crippen molar-refractivity contribution in [3.05, 3.63) is 45.6 Å². The zero-order valence-electron chi connectivity index (χ0n) is 9.42. The summed E-state index contributed by atoms with van der Waals surface area (Å²) in [5.41, 5.74) is 1.11. The number of carbonyl (C=O) groups excluding carboxylic acids is 1. The maximum Gasteiger partial charge on any atom is 0.191 e. The van der Waals surface area contributed by atoms with Crippen molar-refractivity contribution >= 4 is 29.0 Å². The van der Waals surface area contributed by atoms with E-state index in [2.05, 4.69) is 0 Å². The summed E-state index contributed by atoms with van der Waals surface area (Å²) in [6, 6.07) is 4.86. The summed E-state index contributed by atoms with van der Waals surface area (Å²) in [6.45, 7) is 1.76. The van der Waals surface area contributed by atoms with Crippen LogP contribution in [-0.4, -0.2) is 24.8 Å². The first kappa shape index (κ1) is 13.1. The van der Waals surface area contributed by atoms with Gasteiger partial charge in [-0.05, 0) is 25.1 Å². The number of ketones is 1. The Kier molecular flexibility index (Phi) is 4.39. The molecule has 0 aliphatic heterocycles. The molecule has 1 aromatic carbocycles. The molecule has 0 amide bonds. The quantitative estimate of drug-likeness (QED) is 0.609. The summed E-state index contributed by atoms with van der Waals surface area (Å²) >= 11 is 11.7. The third-order valence-electron chi connectivity index (χ3n) is 1.99. The molecule has 0 fully saturated rings. The number of allylic oxidation sites excluding steroid dienone is 1. The lowest BCUT2D eigenvalue weighted by molar-refractivity contribution is 0.103. The van der Waals surface area contributed by atoms with E-state index in [-0.39, 0.29) is 5.78 Å². The number of halogens is 2. The fourth-order valence-electron chi connectivity index (χ4n) is 1.33. The van der Waals surface area contributed by atoms with E-state index in [1.807, 2.05) is 19.0 Å². The first-order valence-electron chi connectivity index (χ1n) is 4.76. The Morgan fingerprint density at radius 1 is 1.31 bits per heavy atom. The molecule has 16 heavy (non-hydrogen) atoms. The molecule has 0 aliphatic rings. The van der Waals surface area contributed by atoms with Gasteiger partial charge < -0.3 is 4.90 Å². The number of carbonyl (C=O) groups is 1. The highest BCUT2D eigenvalue weighted by atomic mass is 35.5. The topological polar surface area (TPSA) is 20.3 Å². The largest absolute Gasteiger partial charge is 0.383 e. The molecule has 2 nitrogen and oxygen atoms in total. The summed E-state index contributed by atoms with van der Waals surface area (Å²) in [5, 5.41) is 0.903. The molecule has 1 aromatic rings. The van der Waals surface area contributed by atoms with Crippen molar-refractivity contribution in [3.8, 4) is 0 Å². The Hall–Kier alpha value is -0.990. The number of hydrogen-bond donors (Lipinski definition) is 0. The SMILES string of the molecule is C/C(=C\N(C)C)C(=O)c1ccc(Cl)cc1Cl. The van der Waals surface area contributed by atoms with Crippen molar-refractivity contribution in [3.63, 3.8) is 0 Å². The van der Waals surface area contributed by atoms with E-state index in [1.165, 1.54) is 0 Å². The molecule has 0 unspecified atom stereocenters. The van der Waals surface area contributed by atoms with Crippen LogP contribution in [0.15, 0.2) is 30.0 Å². The molecule has 0 atom stereocenters. The van der Waals surface area contributed by atoms with Crippen LogP contribution in [0.1, 0.15) is 17.3 Å². The number of nitrogens with zero attached hydrogens (tertiary/aromatic N) is 1. The van der Waals surface area contributed by atoms with Gasteiger partial charge in [-0.2, -0.15) is 0 Å². The molecule has 0 spiro atoms. The van der Waals surface area contributed by atoms with E-state index < -0.39 is 0 Å². The average molecular weight is 258 g/mol. The zero-order chi connectivity index (χ0) is 12.3. The van der Waals surface area contributed by atoms with Gasteiger partial charge in [0.1, 0.15) is 0 Å². The molecule has 86 valence electrons. The monoisotopic (exact) mass is 257 g/mol. The van der Waals surface area contributed by atoms with Gasteiger partial charge >= 0.3 is 0 Å². The average Bonchev–Trinajstić information content (AvgIpc) is 2.15. The van der Waals surface area contributed by atoms with Crippen LogP contribution in [0.3, 0.4) is 0 Å². The van der Waals surface area contributed by atoms with Crippen LogP contribution in [0.2, 0.25) is 10.0 Å². The number of hydrogen-bond acceptors (Lipinski definition) is 2. The maximum absolute atomic E-state index is 12.0. The van der Waals surface area contributed by atoms with Gasteiger partial charge in [0.15, 0.2) is 5.78 Å². The van der Waals surface area contributed by atoms with Crippen LogP contribution in [0, 0.1) is 0 Å². The first-order valence-corrected chi connectivity index (χ1v) is 5.52. The molecule has 0 aromatic heterocycles. The van der Waals surface area contributed by atoms with E-state index in [0.717, 1.165) is 0 Å². The molecular formula is C12H13Cl2NO. The second kappa shape index (κ2) is 5.37. The lowest BCUT2D eigenvalue weighted by Gasteiger charge is -2.08. The second-order valence-electron chi connectivity index (χ2n) is 3.73. The van der Waals surface area contributed by atoms with E-state index >= 15 is 0 Å². The Morgan fingerprint density at radius 3 is 2.44 bits per heavy atom. The Bertz CT molecular complexity index is 439. The Morgan fingerprint density at radius 2 is 1.94 bits per heavy atom. The fourth-order valence-corrected chi connectivity index (χ4v) is 1.83. The van der Waals surface area contributed by atoms with Crippen LogP contribution < -0.4 is 0 Å². The van der Waals surface area contributed by atoms with Gasteiger partial charge in [0.25, 0.3) is 0 Å². The minimum Gasteiger partial charge on any atom is -0.383 e. The van der Waals surface area contributed by atoms with Crippen molar-refractivity contribution in [2.75, 3.05) is 14.1 Å². The number of rotatable bonds is 3. The molecule has 0 radical (unpaired) electrons. The van der Waals surface area contributed by atoms with Gasteiger partial charge in [0.2, 0.25) is 0 Å². The Balaban J connectivity index is 3.06. The molecule has 0 saturated carbocycles. The van der Waals surface area contributed by atoms with E-state index in [0.29, 0.717) is 21.2 Å². The summed E-state index contributed by atoms with van der Waals surface area (Å²) in [6.07, 6.45) is 1.76. The lowest BCUT2D eigenvalue weighted by atomic mass is 10.1. The fraction of sp³-hybridized carbons (Fsp3) is 0.250. The van der Waals surface area contributed by atoms with Crippen molar-refractivity contribution in [2.45, 2.75) is 6.92 Å². The number of Topliss-reactive ketones (excluding diaryl/α,β-unsaturated/α-hetero) is 1. The van der Waals surface area contributed by atoms with Gasteiger partial charge in [-0.1, -0.05) is 23.2 Å². The summed E-state index contributed by atoms with van der Waals surface area (Å²) in [7, 11) is 3.72. The normalized spacial score (nSPS) is 11.4. The van der Waals surface area contributed by atoms with Crippen molar-refractivity contribution < 1.29 is 4.79 Å². The molecule has 0 heterocycles. The molecule has 0 N–H and O–H groups in total. The van der Waals surface area contributed by atoms with Crippen molar-refractivity contribution in [1.29, 1.82) is 0 Å². The minimum absolute atomic E-state index is 0.0876. The van der Waals surface area contributed by atoms with Crippen molar-refractivity contribution in [2.24, 2.45) is 0 Å². The Labute approximate surface area is 105 Å². The highest BCUT2D eigenvalue weighted by molar-refractivity contribution is 6.37. The van der Waals surface area contributed by atoms with Crippen LogP contribution in [0.25, 0.3) is 0 Å². The highest BCUT2D eigenvalue weighted by Crippen LogP contribution is 2.23. The smallest absolute Gasteiger partial charge is 0.191 e. The van der Waals surface area contributed by atoms with Gasteiger partial charge in [0, 0.05) is 36.5 Å². The number of benzene rings is 1. The molecule has 4 heteroatoms. The lowest BCUT2D eigenvalue weighted by Crippen LogP contribution is -2.08. The van der Waals surface area contributed by atoms with Crippen LogP contribution >= 0.6 is 23.2 Å². The summed E-state index contributed by atoms with van der Waals surface area (Å²) in [5.74, 6) is -0.0876. The van der Waals surface area contributed by atoms with Crippen LogP contribution in [0.5, 0.6) is 0 Å². The van der Waals surface area contributed by atoms with Gasteiger partial charge in [-0.15, -0.1) is 0 Å². The molecule has 0 saturated heterocycles. The van der Waals surface area contributed by atoms with Gasteiger partial charge in [-0.3, -0.25) is 4.79 Å².